The third kappa shape index (κ3) is 4.83. The van der Waals surface area contributed by atoms with Gasteiger partial charge in [-0.25, -0.2) is 12.7 Å². The first-order valence-corrected chi connectivity index (χ1v) is 10.4. The van der Waals surface area contributed by atoms with Crippen LogP contribution in [0.1, 0.15) is 24.0 Å². The zero-order valence-electron chi connectivity index (χ0n) is 14.6. The average Bonchev–Trinajstić information content (AvgIpc) is 2.62. The van der Waals surface area contributed by atoms with E-state index >= 15 is 0 Å². The summed E-state index contributed by atoms with van der Waals surface area (Å²) in [4.78, 5) is 0. The third-order valence-electron chi connectivity index (χ3n) is 4.73. The van der Waals surface area contributed by atoms with E-state index in [-0.39, 0.29) is 5.75 Å². The lowest BCUT2D eigenvalue weighted by Gasteiger charge is -2.31. The normalized spacial score (nSPS) is 16.7. The van der Waals surface area contributed by atoms with Crippen LogP contribution in [-0.4, -0.2) is 32.4 Å². The highest BCUT2D eigenvalue weighted by atomic mass is 32.2. The van der Waals surface area contributed by atoms with Crippen molar-refractivity contribution in [2.24, 2.45) is 5.92 Å². The number of hydrogen-bond acceptors (Lipinski definition) is 3. The van der Waals surface area contributed by atoms with E-state index in [1.165, 1.54) is 0 Å². The minimum atomic E-state index is -3.24. The molecule has 2 aromatic carbocycles. The standard InChI is InChI=1S/C20H25NO3S/c1-17-7-5-6-10-20(17)24-15-18-11-13-21(14-12-18)25(22,23)16-19-8-3-2-4-9-19/h2-10,18H,11-16H2,1H3. The SMILES string of the molecule is Cc1ccccc1OCC1CCN(S(=O)(=O)Cc2ccccc2)CC1. The van der Waals surface area contributed by atoms with E-state index in [0.717, 1.165) is 29.7 Å². The zero-order chi connectivity index (χ0) is 17.7. The first kappa shape index (κ1) is 18.0. The van der Waals surface area contributed by atoms with Gasteiger partial charge in [0.2, 0.25) is 10.0 Å². The fourth-order valence-electron chi connectivity index (χ4n) is 3.16. The molecule has 0 spiro atoms. The van der Waals surface area contributed by atoms with Crippen molar-refractivity contribution in [2.75, 3.05) is 19.7 Å². The monoisotopic (exact) mass is 359 g/mol. The highest BCUT2D eigenvalue weighted by Gasteiger charge is 2.28. The summed E-state index contributed by atoms with van der Waals surface area (Å²) >= 11 is 0. The summed E-state index contributed by atoms with van der Waals surface area (Å²) in [6.45, 7) is 3.85. The molecule has 0 unspecified atom stereocenters. The molecule has 0 aromatic heterocycles. The third-order valence-corrected chi connectivity index (χ3v) is 6.58. The summed E-state index contributed by atoms with van der Waals surface area (Å²) in [6.07, 6.45) is 1.69. The van der Waals surface area contributed by atoms with Crippen LogP contribution in [0.25, 0.3) is 0 Å². The van der Waals surface area contributed by atoms with Gasteiger partial charge in [0, 0.05) is 13.1 Å². The van der Waals surface area contributed by atoms with Gasteiger partial charge in [0.25, 0.3) is 0 Å². The molecule has 0 aliphatic carbocycles. The molecular formula is C20H25NO3S. The average molecular weight is 359 g/mol. The second-order valence-corrected chi connectivity index (χ2v) is 8.63. The van der Waals surface area contributed by atoms with Crippen molar-refractivity contribution in [1.29, 1.82) is 0 Å². The lowest BCUT2D eigenvalue weighted by molar-refractivity contribution is 0.184. The fraction of sp³-hybridized carbons (Fsp3) is 0.400. The summed E-state index contributed by atoms with van der Waals surface area (Å²) in [5.74, 6) is 1.41. The van der Waals surface area contributed by atoms with Gasteiger partial charge < -0.3 is 4.74 Å². The highest BCUT2D eigenvalue weighted by molar-refractivity contribution is 7.88. The van der Waals surface area contributed by atoms with Gasteiger partial charge in [0.05, 0.1) is 12.4 Å². The summed E-state index contributed by atoms with van der Waals surface area (Å²) < 4.78 is 32.7. The van der Waals surface area contributed by atoms with Gasteiger partial charge in [0.15, 0.2) is 0 Å². The second kappa shape index (κ2) is 8.02. The van der Waals surface area contributed by atoms with Crippen LogP contribution in [0.4, 0.5) is 0 Å². The predicted molar refractivity (Wildman–Crippen MR) is 100 cm³/mol. The summed E-state index contributed by atoms with van der Waals surface area (Å²) in [6, 6.07) is 17.4. The number of benzene rings is 2. The number of hydrogen-bond donors (Lipinski definition) is 0. The van der Waals surface area contributed by atoms with Crippen LogP contribution in [0.15, 0.2) is 54.6 Å². The van der Waals surface area contributed by atoms with Crippen molar-refractivity contribution in [3.63, 3.8) is 0 Å². The van der Waals surface area contributed by atoms with Crippen molar-refractivity contribution < 1.29 is 13.2 Å². The fourth-order valence-corrected chi connectivity index (χ4v) is 4.72. The van der Waals surface area contributed by atoms with Gasteiger partial charge in [-0.3, -0.25) is 0 Å². The number of aryl methyl sites for hydroxylation is 1. The Kier molecular flexibility index (Phi) is 5.76. The van der Waals surface area contributed by atoms with Crippen LogP contribution in [0.3, 0.4) is 0 Å². The number of sulfonamides is 1. The van der Waals surface area contributed by atoms with Crippen LogP contribution < -0.4 is 4.74 Å². The second-order valence-electron chi connectivity index (χ2n) is 6.66. The van der Waals surface area contributed by atoms with Gasteiger partial charge in [-0.15, -0.1) is 0 Å². The number of ether oxygens (including phenoxy) is 1. The minimum Gasteiger partial charge on any atom is -0.493 e. The molecule has 1 heterocycles. The molecule has 5 heteroatoms. The number of piperidine rings is 1. The molecular weight excluding hydrogens is 334 g/mol. The van der Waals surface area contributed by atoms with E-state index in [1.54, 1.807) is 4.31 Å². The molecule has 134 valence electrons. The molecule has 1 aliphatic heterocycles. The molecule has 1 fully saturated rings. The Morgan fingerprint density at radius 3 is 2.32 bits per heavy atom. The molecule has 2 aromatic rings. The summed E-state index contributed by atoms with van der Waals surface area (Å²) in [7, 11) is -3.24. The first-order valence-electron chi connectivity index (χ1n) is 8.75. The summed E-state index contributed by atoms with van der Waals surface area (Å²) in [5, 5.41) is 0. The Morgan fingerprint density at radius 2 is 1.64 bits per heavy atom. The van der Waals surface area contributed by atoms with Crippen molar-refractivity contribution >= 4 is 10.0 Å². The van der Waals surface area contributed by atoms with Crippen molar-refractivity contribution in [2.45, 2.75) is 25.5 Å². The quantitative estimate of drug-likeness (QED) is 0.791. The number of nitrogens with zero attached hydrogens (tertiary/aromatic N) is 1. The molecule has 4 nitrogen and oxygen atoms in total. The zero-order valence-corrected chi connectivity index (χ0v) is 15.4. The smallest absolute Gasteiger partial charge is 0.218 e. The molecule has 1 aliphatic rings. The molecule has 0 radical (unpaired) electrons. The predicted octanol–water partition coefficient (Wildman–Crippen LogP) is 3.62. The molecule has 0 N–H and O–H groups in total. The maximum Gasteiger partial charge on any atom is 0.218 e. The lowest BCUT2D eigenvalue weighted by Crippen LogP contribution is -2.40. The Hall–Kier alpha value is -1.85. The maximum atomic E-state index is 12.6. The Bertz CT molecular complexity index is 782. The lowest BCUT2D eigenvalue weighted by atomic mass is 9.99. The van der Waals surface area contributed by atoms with E-state index < -0.39 is 10.0 Å². The van der Waals surface area contributed by atoms with Gasteiger partial charge in [-0.05, 0) is 42.9 Å². The first-order chi connectivity index (χ1) is 12.0. The van der Waals surface area contributed by atoms with E-state index in [2.05, 4.69) is 0 Å². The van der Waals surface area contributed by atoms with Crippen molar-refractivity contribution in [1.82, 2.24) is 4.31 Å². The number of para-hydroxylation sites is 1. The van der Waals surface area contributed by atoms with Crippen LogP contribution in [0, 0.1) is 12.8 Å². The largest absolute Gasteiger partial charge is 0.493 e. The molecule has 3 rings (SSSR count). The number of rotatable bonds is 6. The van der Waals surface area contributed by atoms with Gasteiger partial charge >= 0.3 is 0 Å². The topological polar surface area (TPSA) is 46.6 Å². The van der Waals surface area contributed by atoms with Crippen molar-refractivity contribution in [3.8, 4) is 5.75 Å². The van der Waals surface area contributed by atoms with E-state index in [4.69, 9.17) is 4.74 Å². The van der Waals surface area contributed by atoms with E-state index in [9.17, 15) is 8.42 Å². The minimum absolute atomic E-state index is 0.0816. The molecule has 1 saturated heterocycles. The Morgan fingerprint density at radius 1 is 1.00 bits per heavy atom. The van der Waals surface area contributed by atoms with Crippen LogP contribution in [-0.2, 0) is 15.8 Å². The van der Waals surface area contributed by atoms with Gasteiger partial charge in [0.1, 0.15) is 5.75 Å². The highest BCUT2D eigenvalue weighted by Crippen LogP contribution is 2.24. The van der Waals surface area contributed by atoms with Crippen molar-refractivity contribution in [3.05, 3.63) is 65.7 Å². The molecule has 0 amide bonds. The molecule has 0 saturated carbocycles. The van der Waals surface area contributed by atoms with E-state index in [0.29, 0.717) is 25.6 Å². The van der Waals surface area contributed by atoms with Gasteiger partial charge in [-0.1, -0.05) is 48.5 Å². The van der Waals surface area contributed by atoms with Crippen LogP contribution in [0.5, 0.6) is 5.75 Å². The Balaban J connectivity index is 1.50. The van der Waals surface area contributed by atoms with Crippen LogP contribution in [0.2, 0.25) is 0 Å². The molecule has 0 bridgehead atoms. The molecule has 0 atom stereocenters. The van der Waals surface area contributed by atoms with Crippen LogP contribution >= 0.6 is 0 Å². The summed E-state index contributed by atoms with van der Waals surface area (Å²) in [5.41, 5.74) is 1.97. The maximum absolute atomic E-state index is 12.6. The van der Waals surface area contributed by atoms with E-state index in [1.807, 2.05) is 61.5 Å². The van der Waals surface area contributed by atoms with Gasteiger partial charge in [-0.2, -0.15) is 0 Å². The Labute approximate surface area is 150 Å². The molecule has 25 heavy (non-hydrogen) atoms.